The van der Waals surface area contributed by atoms with Crippen molar-refractivity contribution in [2.24, 2.45) is 0 Å². The van der Waals surface area contributed by atoms with Gasteiger partial charge in [-0.15, -0.1) is 0 Å². The van der Waals surface area contributed by atoms with Gasteiger partial charge in [-0.3, -0.25) is 0 Å². The number of carbonyl (C=O) groups is 1. The molecular weight excluding hydrogens is 310 g/mol. The molecule has 2 aromatic carbocycles. The monoisotopic (exact) mass is 333 g/mol. The van der Waals surface area contributed by atoms with Crippen LogP contribution in [0, 0.1) is 0 Å². The highest BCUT2D eigenvalue weighted by Crippen LogP contribution is 2.34. The molecule has 0 saturated carbocycles. The molecule has 0 unspecified atom stereocenters. The molecule has 0 aromatic heterocycles. The predicted molar refractivity (Wildman–Crippen MR) is 101 cm³/mol. The van der Waals surface area contributed by atoms with Crippen molar-refractivity contribution < 1.29 is 9.53 Å². The average molecular weight is 333 g/mol. The summed E-state index contributed by atoms with van der Waals surface area (Å²) < 4.78 is 5.92. The van der Waals surface area contributed by atoms with Gasteiger partial charge in [0.05, 0.1) is 0 Å². The first-order valence-electron chi connectivity index (χ1n) is 8.68. The van der Waals surface area contributed by atoms with Gasteiger partial charge >= 0.3 is 5.97 Å². The van der Waals surface area contributed by atoms with Crippen molar-refractivity contribution in [2.45, 2.75) is 18.4 Å². The molecule has 1 saturated heterocycles. The molecule has 1 N–H and O–H groups in total. The van der Waals surface area contributed by atoms with E-state index in [1.165, 1.54) is 6.08 Å². The van der Waals surface area contributed by atoms with Crippen LogP contribution in [0.5, 0.6) is 0 Å². The minimum Gasteiger partial charge on any atom is -0.451 e. The molecule has 1 heterocycles. The van der Waals surface area contributed by atoms with Crippen LogP contribution < -0.4 is 5.32 Å². The third-order valence-electron chi connectivity index (χ3n) is 4.44. The molecule has 128 valence electrons. The minimum atomic E-state index is -0.531. The molecule has 1 aliphatic rings. The number of hydrogen-bond donors (Lipinski definition) is 1. The van der Waals surface area contributed by atoms with Crippen LogP contribution in [0.3, 0.4) is 0 Å². The van der Waals surface area contributed by atoms with Gasteiger partial charge in [-0.2, -0.15) is 0 Å². The fraction of sp³-hybridized carbons (Fsp3) is 0.227. The van der Waals surface area contributed by atoms with Crippen LogP contribution in [0.2, 0.25) is 0 Å². The van der Waals surface area contributed by atoms with Crippen LogP contribution in [0.4, 0.5) is 0 Å². The van der Waals surface area contributed by atoms with Crippen molar-refractivity contribution in [3.05, 3.63) is 90.0 Å². The van der Waals surface area contributed by atoms with Gasteiger partial charge in [-0.05, 0) is 24.2 Å². The number of piperidine rings is 1. The fourth-order valence-electron chi connectivity index (χ4n) is 3.11. The summed E-state index contributed by atoms with van der Waals surface area (Å²) in [5.74, 6) is -0.302. The molecule has 0 radical (unpaired) electrons. The maximum Gasteiger partial charge on any atom is 0.331 e. The zero-order valence-electron chi connectivity index (χ0n) is 14.2. The smallest absolute Gasteiger partial charge is 0.331 e. The van der Waals surface area contributed by atoms with Gasteiger partial charge < -0.3 is 10.1 Å². The zero-order valence-corrected chi connectivity index (χ0v) is 14.2. The SMILES string of the molecule is O=C(/C=C/C=C/c1ccccc1)OC1(c2ccccc2)CCNCC1. The summed E-state index contributed by atoms with van der Waals surface area (Å²) in [4.78, 5) is 12.3. The van der Waals surface area contributed by atoms with Gasteiger partial charge in [0.15, 0.2) is 0 Å². The molecule has 3 heteroatoms. The van der Waals surface area contributed by atoms with Gasteiger partial charge in [0.1, 0.15) is 5.60 Å². The van der Waals surface area contributed by atoms with Gasteiger partial charge in [-0.1, -0.05) is 78.9 Å². The van der Waals surface area contributed by atoms with Crippen molar-refractivity contribution in [1.29, 1.82) is 0 Å². The van der Waals surface area contributed by atoms with Crippen LogP contribution in [-0.2, 0) is 15.1 Å². The molecule has 3 rings (SSSR count). The Morgan fingerprint density at radius 3 is 2.24 bits per heavy atom. The number of carbonyl (C=O) groups excluding carboxylic acids is 1. The second-order valence-electron chi connectivity index (χ2n) is 6.16. The summed E-state index contributed by atoms with van der Waals surface area (Å²) in [6.45, 7) is 1.69. The minimum absolute atomic E-state index is 0.302. The second kappa shape index (κ2) is 8.45. The first kappa shape index (κ1) is 17.2. The number of hydrogen-bond acceptors (Lipinski definition) is 3. The summed E-state index contributed by atoms with van der Waals surface area (Å²) in [5.41, 5.74) is 1.63. The van der Waals surface area contributed by atoms with E-state index >= 15 is 0 Å². The van der Waals surface area contributed by atoms with E-state index in [2.05, 4.69) is 5.32 Å². The van der Waals surface area contributed by atoms with E-state index in [1.807, 2.05) is 72.8 Å². The van der Waals surface area contributed by atoms with Crippen molar-refractivity contribution in [3.63, 3.8) is 0 Å². The quantitative estimate of drug-likeness (QED) is 0.509. The van der Waals surface area contributed by atoms with E-state index < -0.39 is 5.60 Å². The Hall–Kier alpha value is -2.65. The van der Waals surface area contributed by atoms with E-state index in [0.717, 1.165) is 37.1 Å². The molecule has 0 aliphatic carbocycles. The predicted octanol–water partition coefficient (Wildman–Crippen LogP) is 4.08. The van der Waals surface area contributed by atoms with Crippen LogP contribution in [0.1, 0.15) is 24.0 Å². The highest BCUT2D eigenvalue weighted by molar-refractivity contribution is 5.83. The number of benzene rings is 2. The molecule has 25 heavy (non-hydrogen) atoms. The number of allylic oxidation sites excluding steroid dienone is 2. The van der Waals surface area contributed by atoms with Gasteiger partial charge in [0, 0.05) is 18.9 Å². The Morgan fingerprint density at radius 2 is 1.56 bits per heavy atom. The largest absolute Gasteiger partial charge is 0.451 e. The average Bonchev–Trinajstić information content (AvgIpc) is 2.67. The van der Waals surface area contributed by atoms with Crippen molar-refractivity contribution in [3.8, 4) is 0 Å². The summed E-state index contributed by atoms with van der Waals surface area (Å²) in [6.07, 6.45) is 8.61. The molecule has 0 spiro atoms. The second-order valence-corrected chi connectivity index (χ2v) is 6.16. The lowest BCUT2D eigenvalue weighted by Gasteiger charge is -2.37. The highest BCUT2D eigenvalue weighted by atomic mass is 16.6. The van der Waals surface area contributed by atoms with E-state index in [9.17, 15) is 4.79 Å². The van der Waals surface area contributed by atoms with E-state index in [1.54, 1.807) is 6.08 Å². The molecule has 1 fully saturated rings. The maximum atomic E-state index is 12.3. The van der Waals surface area contributed by atoms with Crippen molar-refractivity contribution in [2.75, 3.05) is 13.1 Å². The van der Waals surface area contributed by atoms with Crippen LogP contribution in [0.25, 0.3) is 6.08 Å². The Bertz CT molecular complexity index is 729. The van der Waals surface area contributed by atoms with Crippen LogP contribution in [0.15, 0.2) is 78.9 Å². The maximum absolute atomic E-state index is 12.3. The van der Waals surface area contributed by atoms with Crippen LogP contribution in [-0.4, -0.2) is 19.1 Å². The number of rotatable bonds is 5. The molecule has 0 bridgehead atoms. The Balaban J connectivity index is 1.66. The highest BCUT2D eigenvalue weighted by Gasteiger charge is 2.37. The topological polar surface area (TPSA) is 38.3 Å². The Labute approximate surface area is 149 Å². The fourth-order valence-corrected chi connectivity index (χ4v) is 3.11. The first-order chi connectivity index (χ1) is 12.3. The lowest BCUT2D eigenvalue weighted by atomic mass is 9.85. The Morgan fingerprint density at radius 1 is 0.920 bits per heavy atom. The van der Waals surface area contributed by atoms with Crippen molar-refractivity contribution in [1.82, 2.24) is 5.32 Å². The summed E-state index contributed by atoms with van der Waals surface area (Å²) >= 11 is 0. The van der Waals surface area contributed by atoms with Gasteiger partial charge in [-0.25, -0.2) is 4.79 Å². The van der Waals surface area contributed by atoms with Gasteiger partial charge in [0.25, 0.3) is 0 Å². The zero-order chi connectivity index (χ0) is 17.4. The number of ether oxygens (including phenoxy) is 1. The normalized spacial score (nSPS) is 17.0. The first-order valence-corrected chi connectivity index (χ1v) is 8.68. The van der Waals surface area contributed by atoms with E-state index in [4.69, 9.17) is 4.74 Å². The molecular formula is C22H23NO2. The summed E-state index contributed by atoms with van der Waals surface area (Å²) in [7, 11) is 0. The van der Waals surface area contributed by atoms with Gasteiger partial charge in [0.2, 0.25) is 0 Å². The lowest BCUT2D eigenvalue weighted by molar-refractivity contribution is -0.157. The molecule has 1 aliphatic heterocycles. The number of nitrogens with one attached hydrogen (secondary N) is 1. The van der Waals surface area contributed by atoms with E-state index in [0.29, 0.717) is 0 Å². The third kappa shape index (κ3) is 4.68. The summed E-state index contributed by atoms with van der Waals surface area (Å²) in [6, 6.07) is 20.0. The Kier molecular flexibility index (Phi) is 5.81. The third-order valence-corrected chi connectivity index (χ3v) is 4.44. The molecule has 0 amide bonds. The molecule has 2 aromatic rings. The molecule has 0 atom stereocenters. The summed E-state index contributed by atoms with van der Waals surface area (Å²) in [5, 5.41) is 3.33. The van der Waals surface area contributed by atoms with Crippen molar-refractivity contribution >= 4 is 12.0 Å². The number of esters is 1. The van der Waals surface area contributed by atoms with E-state index in [-0.39, 0.29) is 5.97 Å². The lowest BCUT2D eigenvalue weighted by Crippen LogP contribution is -2.42. The van der Waals surface area contributed by atoms with Crippen LogP contribution >= 0.6 is 0 Å². The standard InChI is InChI=1S/C22H23NO2/c24-21(14-8-7-11-19-9-3-1-4-10-19)25-22(15-17-23-18-16-22)20-12-5-2-6-13-20/h1-14,23H,15-18H2/b11-7+,14-8+. The molecule has 3 nitrogen and oxygen atoms in total.